The Morgan fingerprint density at radius 2 is 2.07 bits per heavy atom. The first-order valence-corrected chi connectivity index (χ1v) is 5.18. The maximum atomic E-state index is 10.9. The average molecular weight is 203 g/mol. The second-order valence-corrected chi connectivity index (χ2v) is 3.87. The molecule has 0 atom stereocenters. The molecule has 1 radical (unpaired) electrons. The van der Waals surface area contributed by atoms with Gasteiger partial charge in [0.15, 0.2) is 0 Å². The summed E-state index contributed by atoms with van der Waals surface area (Å²) in [6.45, 7) is 3.16. The molecular formula is C12H15N2O. The Morgan fingerprint density at radius 1 is 1.33 bits per heavy atom. The Hall–Kier alpha value is -1.35. The summed E-state index contributed by atoms with van der Waals surface area (Å²) in [6.07, 6.45) is 3.47. The summed E-state index contributed by atoms with van der Waals surface area (Å²) < 4.78 is 0. The molecule has 1 saturated heterocycles. The van der Waals surface area contributed by atoms with E-state index < -0.39 is 0 Å². The lowest BCUT2D eigenvalue weighted by Crippen LogP contribution is -2.18. The van der Waals surface area contributed by atoms with E-state index in [1.54, 1.807) is 12.1 Å². The normalized spacial score (nSPS) is 16.8. The molecule has 0 aromatic heterocycles. The lowest BCUT2D eigenvalue weighted by molar-refractivity contribution is 0.100. The molecule has 1 aliphatic heterocycles. The molecule has 2 N–H and O–H groups in total. The van der Waals surface area contributed by atoms with Crippen LogP contribution in [0.15, 0.2) is 24.3 Å². The highest BCUT2D eigenvalue weighted by atomic mass is 16.1. The zero-order valence-electron chi connectivity index (χ0n) is 8.65. The van der Waals surface area contributed by atoms with Crippen molar-refractivity contribution in [2.75, 3.05) is 13.1 Å². The molecular weight excluding hydrogens is 188 g/mol. The van der Waals surface area contributed by atoms with E-state index in [9.17, 15) is 4.79 Å². The van der Waals surface area contributed by atoms with Gasteiger partial charge >= 0.3 is 0 Å². The summed E-state index contributed by atoms with van der Waals surface area (Å²) in [5.41, 5.74) is 6.98. The van der Waals surface area contributed by atoms with Crippen LogP contribution in [0.1, 0.15) is 22.3 Å². The van der Waals surface area contributed by atoms with Crippen LogP contribution in [0.4, 0.5) is 0 Å². The van der Waals surface area contributed by atoms with Crippen molar-refractivity contribution in [1.29, 1.82) is 0 Å². The SMILES string of the molecule is NC(=O)c1ccc(CN2C[CH]CC2)cc1. The van der Waals surface area contributed by atoms with Crippen LogP contribution in [0.2, 0.25) is 0 Å². The second kappa shape index (κ2) is 4.45. The fraction of sp³-hybridized carbons (Fsp3) is 0.333. The minimum atomic E-state index is -0.365. The van der Waals surface area contributed by atoms with Crippen LogP contribution in [0, 0.1) is 6.42 Å². The minimum Gasteiger partial charge on any atom is -0.366 e. The fourth-order valence-electron chi connectivity index (χ4n) is 1.82. The molecule has 0 spiro atoms. The topological polar surface area (TPSA) is 46.3 Å². The predicted octanol–water partition coefficient (Wildman–Crippen LogP) is 1.20. The van der Waals surface area contributed by atoms with Gasteiger partial charge in [-0.1, -0.05) is 12.1 Å². The first-order valence-electron chi connectivity index (χ1n) is 5.18. The molecule has 0 unspecified atom stereocenters. The van der Waals surface area contributed by atoms with Crippen LogP contribution >= 0.6 is 0 Å². The molecule has 1 fully saturated rings. The maximum absolute atomic E-state index is 10.9. The van der Waals surface area contributed by atoms with Crippen LogP contribution in [-0.2, 0) is 6.54 Å². The number of carbonyl (C=O) groups is 1. The first kappa shape index (κ1) is 10.2. The van der Waals surface area contributed by atoms with Gasteiger partial charge in [0.2, 0.25) is 5.91 Å². The molecule has 15 heavy (non-hydrogen) atoms. The van der Waals surface area contributed by atoms with Gasteiger partial charge in [0, 0.05) is 18.7 Å². The van der Waals surface area contributed by atoms with Crippen LogP contribution in [-0.4, -0.2) is 23.9 Å². The predicted molar refractivity (Wildman–Crippen MR) is 59.2 cm³/mol. The molecule has 1 aliphatic rings. The highest BCUT2D eigenvalue weighted by Gasteiger charge is 2.11. The van der Waals surface area contributed by atoms with Crippen molar-refractivity contribution in [3.05, 3.63) is 41.8 Å². The minimum absolute atomic E-state index is 0.365. The summed E-state index contributed by atoms with van der Waals surface area (Å²) in [6, 6.07) is 7.52. The van der Waals surface area contributed by atoms with E-state index in [-0.39, 0.29) is 5.91 Å². The van der Waals surface area contributed by atoms with E-state index in [1.807, 2.05) is 12.1 Å². The van der Waals surface area contributed by atoms with Crippen molar-refractivity contribution in [3.63, 3.8) is 0 Å². The van der Waals surface area contributed by atoms with Gasteiger partial charge in [-0.3, -0.25) is 9.69 Å². The fourth-order valence-corrected chi connectivity index (χ4v) is 1.82. The van der Waals surface area contributed by atoms with Gasteiger partial charge in [0.25, 0.3) is 0 Å². The third-order valence-electron chi connectivity index (χ3n) is 2.68. The largest absolute Gasteiger partial charge is 0.366 e. The van der Waals surface area contributed by atoms with E-state index in [0.717, 1.165) is 19.6 Å². The number of likely N-dealkylation sites (tertiary alicyclic amines) is 1. The Kier molecular flexibility index (Phi) is 3.02. The summed E-state index contributed by atoms with van der Waals surface area (Å²) >= 11 is 0. The van der Waals surface area contributed by atoms with E-state index in [1.165, 1.54) is 12.0 Å². The molecule has 1 aromatic rings. The number of nitrogens with zero attached hydrogens (tertiary/aromatic N) is 1. The number of hydrogen-bond donors (Lipinski definition) is 1. The summed E-state index contributed by atoms with van der Waals surface area (Å²) in [7, 11) is 0. The van der Waals surface area contributed by atoms with Crippen molar-refractivity contribution in [1.82, 2.24) is 4.90 Å². The Balaban J connectivity index is 2.00. The summed E-state index contributed by atoms with van der Waals surface area (Å²) in [5, 5.41) is 0. The maximum Gasteiger partial charge on any atom is 0.248 e. The Bertz CT molecular complexity index is 339. The molecule has 1 heterocycles. The monoisotopic (exact) mass is 203 g/mol. The van der Waals surface area contributed by atoms with Gasteiger partial charge in [-0.05, 0) is 37.1 Å². The van der Waals surface area contributed by atoms with Gasteiger partial charge in [-0.15, -0.1) is 0 Å². The average Bonchev–Trinajstić information content (AvgIpc) is 2.71. The molecule has 0 saturated carbocycles. The molecule has 0 bridgehead atoms. The number of carbonyl (C=O) groups excluding carboxylic acids is 1. The van der Waals surface area contributed by atoms with Crippen molar-refractivity contribution < 1.29 is 4.79 Å². The van der Waals surface area contributed by atoms with Crippen molar-refractivity contribution in [3.8, 4) is 0 Å². The molecule has 0 aliphatic carbocycles. The number of amides is 1. The first-order chi connectivity index (χ1) is 7.25. The number of hydrogen-bond acceptors (Lipinski definition) is 2. The Morgan fingerprint density at radius 3 is 2.60 bits per heavy atom. The van der Waals surface area contributed by atoms with Crippen LogP contribution in [0.3, 0.4) is 0 Å². The van der Waals surface area contributed by atoms with E-state index in [4.69, 9.17) is 5.73 Å². The van der Waals surface area contributed by atoms with E-state index in [2.05, 4.69) is 11.3 Å². The standard InChI is InChI=1S/C12H15N2O/c13-12(15)11-5-3-10(4-6-11)9-14-7-1-2-8-14/h1,3-6H,2,7-9H2,(H2,13,15). The van der Waals surface area contributed by atoms with Crippen molar-refractivity contribution in [2.24, 2.45) is 5.73 Å². The smallest absolute Gasteiger partial charge is 0.248 e. The third-order valence-corrected chi connectivity index (χ3v) is 2.68. The van der Waals surface area contributed by atoms with Crippen molar-refractivity contribution in [2.45, 2.75) is 13.0 Å². The highest BCUT2D eigenvalue weighted by molar-refractivity contribution is 5.92. The lowest BCUT2D eigenvalue weighted by Gasteiger charge is -2.14. The molecule has 79 valence electrons. The molecule has 3 heteroatoms. The molecule has 3 nitrogen and oxygen atoms in total. The summed E-state index contributed by atoms with van der Waals surface area (Å²) in [5.74, 6) is -0.365. The van der Waals surface area contributed by atoms with E-state index in [0.29, 0.717) is 5.56 Å². The summed E-state index contributed by atoms with van der Waals surface area (Å²) in [4.78, 5) is 13.2. The van der Waals surface area contributed by atoms with Gasteiger partial charge in [-0.25, -0.2) is 0 Å². The van der Waals surface area contributed by atoms with Crippen LogP contribution in [0.5, 0.6) is 0 Å². The van der Waals surface area contributed by atoms with Crippen LogP contribution in [0.25, 0.3) is 0 Å². The zero-order chi connectivity index (χ0) is 10.7. The molecule has 2 rings (SSSR count). The van der Waals surface area contributed by atoms with Gasteiger partial charge in [0.05, 0.1) is 0 Å². The zero-order valence-corrected chi connectivity index (χ0v) is 8.65. The number of benzene rings is 1. The van der Waals surface area contributed by atoms with Gasteiger partial charge in [0.1, 0.15) is 0 Å². The van der Waals surface area contributed by atoms with Crippen LogP contribution < -0.4 is 5.73 Å². The Labute approximate surface area is 89.9 Å². The third kappa shape index (κ3) is 2.57. The van der Waals surface area contributed by atoms with Gasteiger partial charge in [-0.2, -0.15) is 0 Å². The highest BCUT2D eigenvalue weighted by Crippen LogP contribution is 2.12. The number of nitrogens with two attached hydrogens (primary N) is 1. The lowest BCUT2D eigenvalue weighted by atomic mass is 10.1. The second-order valence-electron chi connectivity index (χ2n) is 3.87. The number of rotatable bonds is 3. The molecule has 1 amide bonds. The molecule has 1 aromatic carbocycles. The van der Waals surface area contributed by atoms with Gasteiger partial charge < -0.3 is 5.73 Å². The number of primary amides is 1. The quantitative estimate of drug-likeness (QED) is 0.802. The van der Waals surface area contributed by atoms with Crippen molar-refractivity contribution >= 4 is 5.91 Å². The van der Waals surface area contributed by atoms with E-state index >= 15 is 0 Å².